The average Bonchev–Trinajstić information content (AvgIpc) is 2.64. The number of nitrogens with one attached hydrogen (secondary N) is 1. The van der Waals surface area contributed by atoms with Crippen molar-refractivity contribution in [1.29, 1.82) is 0 Å². The molecule has 1 aliphatic rings. The second kappa shape index (κ2) is 7.29. The highest BCUT2D eigenvalue weighted by molar-refractivity contribution is 5.89. The van der Waals surface area contributed by atoms with E-state index < -0.39 is 0 Å². The summed E-state index contributed by atoms with van der Waals surface area (Å²) in [7, 11) is 0. The van der Waals surface area contributed by atoms with E-state index in [9.17, 15) is 9.90 Å². The third kappa shape index (κ3) is 4.23. The molecule has 0 aliphatic carbocycles. The Labute approximate surface area is 120 Å². The van der Waals surface area contributed by atoms with Gasteiger partial charge >= 0.3 is 6.03 Å². The van der Waals surface area contributed by atoms with Gasteiger partial charge < -0.3 is 15.3 Å². The first-order chi connectivity index (χ1) is 9.66. The molecule has 1 saturated heterocycles. The van der Waals surface area contributed by atoms with E-state index in [0.29, 0.717) is 6.42 Å². The van der Waals surface area contributed by atoms with E-state index in [2.05, 4.69) is 5.32 Å². The molecule has 1 fully saturated rings. The van der Waals surface area contributed by atoms with Crippen LogP contribution in [0.1, 0.15) is 39.0 Å². The number of rotatable bonds is 3. The topological polar surface area (TPSA) is 52.6 Å². The summed E-state index contributed by atoms with van der Waals surface area (Å²) in [6.45, 7) is 2.56. The summed E-state index contributed by atoms with van der Waals surface area (Å²) in [4.78, 5) is 14.3. The van der Waals surface area contributed by atoms with Crippen LogP contribution in [0, 0.1) is 0 Å². The number of hydrogen-bond acceptors (Lipinski definition) is 2. The smallest absolute Gasteiger partial charge is 0.322 e. The molecule has 2 N–H and O–H groups in total. The highest BCUT2D eigenvalue weighted by atomic mass is 16.3. The van der Waals surface area contributed by atoms with Gasteiger partial charge in [0.25, 0.3) is 0 Å². The van der Waals surface area contributed by atoms with Crippen molar-refractivity contribution in [3.8, 4) is 0 Å². The quantitative estimate of drug-likeness (QED) is 0.890. The van der Waals surface area contributed by atoms with E-state index in [1.807, 2.05) is 35.2 Å². The maximum Gasteiger partial charge on any atom is 0.322 e. The molecule has 4 heteroatoms. The molecule has 1 aliphatic heterocycles. The monoisotopic (exact) mass is 276 g/mol. The molecule has 2 unspecified atom stereocenters. The third-order valence-corrected chi connectivity index (χ3v) is 3.78. The van der Waals surface area contributed by atoms with Gasteiger partial charge in [-0.1, -0.05) is 31.0 Å². The van der Waals surface area contributed by atoms with E-state index in [-0.39, 0.29) is 18.2 Å². The number of likely N-dealkylation sites (tertiary alicyclic amines) is 1. The van der Waals surface area contributed by atoms with Gasteiger partial charge in [0.15, 0.2) is 0 Å². The molecule has 0 radical (unpaired) electrons. The van der Waals surface area contributed by atoms with Crippen molar-refractivity contribution in [3.63, 3.8) is 0 Å². The van der Waals surface area contributed by atoms with Gasteiger partial charge in [-0.05, 0) is 38.3 Å². The van der Waals surface area contributed by atoms with Crippen molar-refractivity contribution in [1.82, 2.24) is 4.90 Å². The summed E-state index contributed by atoms with van der Waals surface area (Å²) in [5, 5.41) is 12.6. The number of benzene rings is 1. The second-order valence-corrected chi connectivity index (χ2v) is 5.58. The number of amides is 2. The van der Waals surface area contributed by atoms with Gasteiger partial charge in [-0.2, -0.15) is 0 Å². The van der Waals surface area contributed by atoms with E-state index in [1.165, 1.54) is 0 Å². The molecule has 4 nitrogen and oxygen atoms in total. The molecule has 1 aromatic carbocycles. The van der Waals surface area contributed by atoms with E-state index in [4.69, 9.17) is 0 Å². The first-order valence-electron chi connectivity index (χ1n) is 7.47. The van der Waals surface area contributed by atoms with Gasteiger partial charge in [-0.3, -0.25) is 0 Å². The van der Waals surface area contributed by atoms with Gasteiger partial charge in [0.2, 0.25) is 0 Å². The Bertz CT molecular complexity index is 420. The summed E-state index contributed by atoms with van der Waals surface area (Å²) < 4.78 is 0. The van der Waals surface area contributed by atoms with Crippen LogP contribution >= 0.6 is 0 Å². The zero-order chi connectivity index (χ0) is 14.4. The third-order valence-electron chi connectivity index (χ3n) is 3.78. The number of urea groups is 1. The van der Waals surface area contributed by atoms with Gasteiger partial charge in [-0.25, -0.2) is 4.79 Å². The summed E-state index contributed by atoms with van der Waals surface area (Å²) in [6, 6.07) is 9.61. The van der Waals surface area contributed by atoms with E-state index >= 15 is 0 Å². The summed E-state index contributed by atoms with van der Waals surface area (Å²) in [6.07, 6.45) is 4.59. The molecule has 0 bridgehead atoms. The first kappa shape index (κ1) is 14.9. The van der Waals surface area contributed by atoms with Crippen LogP contribution < -0.4 is 5.32 Å². The number of anilines is 1. The fourth-order valence-corrected chi connectivity index (χ4v) is 2.80. The highest BCUT2D eigenvalue weighted by Crippen LogP contribution is 2.21. The predicted octanol–water partition coefficient (Wildman–Crippen LogP) is 3.23. The standard InChI is InChI=1S/C16H24N2O2/c1-13(19)12-15-10-6-3-7-11-18(15)16(20)17-14-8-4-2-5-9-14/h2,4-5,8-9,13,15,19H,3,6-7,10-12H2,1H3,(H,17,20). The van der Waals surface area contributed by atoms with Crippen molar-refractivity contribution < 1.29 is 9.90 Å². The number of aliphatic hydroxyl groups is 1. The Balaban J connectivity index is 2.03. The summed E-state index contributed by atoms with van der Waals surface area (Å²) in [5.74, 6) is 0. The Morgan fingerprint density at radius 2 is 2.10 bits per heavy atom. The number of hydrogen-bond donors (Lipinski definition) is 2. The molecule has 0 spiro atoms. The van der Waals surface area contributed by atoms with Crippen LogP contribution in [0.15, 0.2) is 30.3 Å². The van der Waals surface area contributed by atoms with E-state index in [0.717, 1.165) is 37.9 Å². The predicted molar refractivity (Wildman–Crippen MR) is 80.7 cm³/mol. The maximum atomic E-state index is 12.4. The van der Waals surface area contributed by atoms with Crippen LogP contribution in [-0.2, 0) is 0 Å². The molecular weight excluding hydrogens is 252 g/mol. The van der Waals surface area contributed by atoms with E-state index in [1.54, 1.807) is 6.92 Å². The lowest BCUT2D eigenvalue weighted by atomic mass is 10.0. The lowest BCUT2D eigenvalue weighted by molar-refractivity contribution is 0.127. The van der Waals surface area contributed by atoms with Crippen molar-refractivity contribution in [2.75, 3.05) is 11.9 Å². The minimum Gasteiger partial charge on any atom is -0.393 e. The van der Waals surface area contributed by atoms with Crippen molar-refractivity contribution in [3.05, 3.63) is 30.3 Å². The van der Waals surface area contributed by atoms with Gasteiger partial charge in [-0.15, -0.1) is 0 Å². The zero-order valence-corrected chi connectivity index (χ0v) is 12.1. The van der Waals surface area contributed by atoms with Gasteiger partial charge in [0.05, 0.1) is 6.10 Å². The second-order valence-electron chi connectivity index (χ2n) is 5.58. The normalized spacial score (nSPS) is 21.1. The number of nitrogens with zero attached hydrogens (tertiary/aromatic N) is 1. The van der Waals surface area contributed by atoms with Crippen LogP contribution in [0.25, 0.3) is 0 Å². The average molecular weight is 276 g/mol. The van der Waals surface area contributed by atoms with Crippen LogP contribution in [0.5, 0.6) is 0 Å². The van der Waals surface area contributed by atoms with Crippen molar-refractivity contribution >= 4 is 11.7 Å². The molecule has 20 heavy (non-hydrogen) atoms. The molecule has 2 atom stereocenters. The fraction of sp³-hybridized carbons (Fsp3) is 0.562. The first-order valence-corrected chi connectivity index (χ1v) is 7.47. The zero-order valence-electron chi connectivity index (χ0n) is 12.1. The minimum absolute atomic E-state index is 0.0521. The maximum absolute atomic E-state index is 12.4. The van der Waals surface area contributed by atoms with Crippen LogP contribution in [0.4, 0.5) is 10.5 Å². The molecule has 2 amide bonds. The molecule has 2 rings (SSSR count). The molecule has 1 heterocycles. The lowest BCUT2D eigenvalue weighted by Crippen LogP contribution is -2.43. The molecule has 110 valence electrons. The highest BCUT2D eigenvalue weighted by Gasteiger charge is 2.26. The van der Waals surface area contributed by atoms with Crippen molar-refractivity contribution in [2.45, 2.75) is 51.2 Å². The minimum atomic E-state index is -0.370. The Morgan fingerprint density at radius 1 is 1.35 bits per heavy atom. The molecule has 0 aromatic heterocycles. The molecule has 0 saturated carbocycles. The number of aliphatic hydroxyl groups excluding tert-OH is 1. The summed E-state index contributed by atoms with van der Waals surface area (Å²) >= 11 is 0. The van der Waals surface area contributed by atoms with Gasteiger partial charge in [0.1, 0.15) is 0 Å². The van der Waals surface area contributed by atoms with Crippen LogP contribution in [0.2, 0.25) is 0 Å². The summed E-state index contributed by atoms with van der Waals surface area (Å²) in [5.41, 5.74) is 0.817. The Morgan fingerprint density at radius 3 is 2.80 bits per heavy atom. The van der Waals surface area contributed by atoms with Crippen LogP contribution in [0.3, 0.4) is 0 Å². The molecular formula is C16H24N2O2. The number of carbonyl (C=O) groups excluding carboxylic acids is 1. The Hall–Kier alpha value is -1.55. The van der Waals surface area contributed by atoms with Gasteiger partial charge in [0, 0.05) is 18.3 Å². The Kier molecular flexibility index (Phi) is 5.41. The SMILES string of the molecule is CC(O)CC1CCCCCN1C(=O)Nc1ccccc1. The number of para-hydroxylation sites is 1. The molecule has 1 aromatic rings. The number of carbonyl (C=O) groups is 1. The lowest BCUT2D eigenvalue weighted by Gasteiger charge is -2.31. The van der Waals surface area contributed by atoms with Crippen LogP contribution in [-0.4, -0.2) is 34.7 Å². The van der Waals surface area contributed by atoms with Crippen molar-refractivity contribution in [2.24, 2.45) is 0 Å². The largest absolute Gasteiger partial charge is 0.393 e. The fourth-order valence-electron chi connectivity index (χ4n) is 2.80.